The first-order valence-electron chi connectivity index (χ1n) is 9.60. The van der Waals surface area contributed by atoms with Crippen molar-refractivity contribution < 1.29 is 14.3 Å². The van der Waals surface area contributed by atoms with Gasteiger partial charge in [-0.15, -0.1) is 0 Å². The van der Waals surface area contributed by atoms with Gasteiger partial charge in [-0.1, -0.05) is 0 Å². The number of nitrogens with one attached hydrogen (secondary N) is 1. The molecule has 0 saturated carbocycles. The van der Waals surface area contributed by atoms with Gasteiger partial charge in [0.25, 0.3) is 0 Å². The fraction of sp³-hybridized carbons (Fsp3) is 0.381. The zero-order valence-electron chi connectivity index (χ0n) is 17.1. The standard InChI is InChI=1S/C21H25N5O3/c1-13-16-10-14(12-22-20(16)25(2)24-13)23-21(27)26-9-5-6-18(26)17-11-15(28-3)7-8-19(17)29-4/h7-8,10-12,18H,5-6,9H2,1-4H3,(H,23,27). The fourth-order valence-corrected chi connectivity index (χ4v) is 4.00. The van der Waals surface area contributed by atoms with Crippen molar-refractivity contribution in [3.8, 4) is 11.5 Å². The Morgan fingerprint density at radius 3 is 2.83 bits per heavy atom. The van der Waals surface area contributed by atoms with Crippen LogP contribution in [0, 0.1) is 6.92 Å². The minimum atomic E-state index is -0.153. The lowest BCUT2D eigenvalue weighted by Crippen LogP contribution is -2.34. The van der Waals surface area contributed by atoms with Crippen molar-refractivity contribution in [3.63, 3.8) is 0 Å². The molecule has 1 N–H and O–H groups in total. The minimum absolute atomic E-state index is 0.0723. The molecule has 0 spiro atoms. The third-order valence-electron chi connectivity index (χ3n) is 5.42. The van der Waals surface area contributed by atoms with E-state index in [1.54, 1.807) is 25.1 Å². The zero-order valence-corrected chi connectivity index (χ0v) is 17.1. The second kappa shape index (κ2) is 7.62. The van der Waals surface area contributed by atoms with E-state index in [1.165, 1.54) is 0 Å². The van der Waals surface area contributed by atoms with Crippen LogP contribution in [0.15, 0.2) is 30.5 Å². The summed E-state index contributed by atoms with van der Waals surface area (Å²) in [4.78, 5) is 19.4. The largest absolute Gasteiger partial charge is 0.497 e. The Morgan fingerprint density at radius 1 is 1.24 bits per heavy atom. The Labute approximate surface area is 169 Å². The molecule has 0 aliphatic carbocycles. The highest BCUT2D eigenvalue weighted by atomic mass is 16.5. The average Bonchev–Trinajstić information content (AvgIpc) is 3.32. The van der Waals surface area contributed by atoms with Gasteiger partial charge in [0.2, 0.25) is 0 Å². The SMILES string of the molecule is COc1ccc(OC)c(C2CCCN2C(=O)Nc2cnc3c(c2)c(C)nn3C)c1. The van der Waals surface area contributed by atoms with Gasteiger partial charge in [0.15, 0.2) is 5.65 Å². The summed E-state index contributed by atoms with van der Waals surface area (Å²) in [5, 5.41) is 8.30. The van der Waals surface area contributed by atoms with Crippen molar-refractivity contribution >= 4 is 22.8 Å². The highest BCUT2D eigenvalue weighted by Crippen LogP contribution is 2.39. The number of aromatic nitrogens is 3. The quantitative estimate of drug-likeness (QED) is 0.729. The molecule has 152 valence electrons. The number of carbonyl (C=O) groups excluding carboxylic acids is 1. The van der Waals surface area contributed by atoms with Crippen molar-refractivity contribution in [2.75, 3.05) is 26.1 Å². The monoisotopic (exact) mass is 395 g/mol. The van der Waals surface area contributed by atoms with Crippen molar-refractivity contribution in [2.45, 2.75) is 25.8 Å². The molecule has 8 nitrogen and oxygen atoms in total. The lowest BCUT2D eigenvalue weighted by atomic mass is 10.0. The molecule has 1 fully saturated rings. The summed E-state index contributed by atoms with van der Waals surface area (Å²) in [7, 11) is 5.13. The van der Waals surface area contributed by atoms with Crippen LogP contribution >= 0.6 is 0 Å². The van der Waals surface area contributed by atoms with Crippen LogP contribution in [0.3, 0.4) is 0 Å². The van der Waals surface area contributed by atoms with E-state index in [0.29, 0.717) is 12.2 Å². The number of ether oxygens (including phenoxy) is 2. The van der Waals surface area contributed by atoms with E-state index in [2.05, 4.69) is 15.4 Å². The molecule has 3 heterocycles. The maximum Gasteiger partial charge on any atom is 0.322 e. The summed E-state index contributed by atoms with van der Waals surface area (Å²) in [6.07, 6.45) is 3.46. The molecule has 0 bridgehead atoms. The van der Waals surface area contributed by atoms with Gasteiger partial charge in [-0.25, -0.2) is 9.78 Å². The number of methoxy groups -OCH3 is 2. The topological polar surface area (TPSA) is 81.5 Å². The van der Waals surface area contributed by atoms with E-state index in [-0.39, 0.29) is 12.1 Å². The van der Waals surface area contributed by atoms with Crippen molar-refractivity contribution in [1.29, 1.82) is 0 Å². The number of nitrogens with zero attached hydrogens (tertiary/aromatic N) is 4. The van der Waals surface area contributed by atoms with Gasteiger partial charge >= 0.3 is 6.03 Å². The van der Waals surface area contributed by atoms with Gasteiger partial charge in [-0.2, -0.15) is 5.10 Å². The predicted octanol–water partition coefficient (Wildman–Crippen LogP) is 3.66. The average molecular weight is 395 g/mol. The predicted molar refractivity (Wildman–Crippen MR) is 110 cm³/mol. The number of fused-ring (bicyclic) bond motifs is 1. The number of pyridine rings is 1. The summed E-state index contributed by atoms with van der Waals surface area (Å²) in [5.74, 6) is 1.50. The number of anilines is 1. The molecule has 2 aromatic heterocycles. The lowest BCUT2D eigenvalue weighted by Gasteiger charge is -2.27. The summed E-state index contributed by atoms with van der Waals surface area (Å²) >= 11 is 0. The van der Waals surface area contributed by atoms with E-state index < -0.39 is 0 Å². The van der Waals surface area contributed by atoms with Crippen LogP contribution in [0.4, 0.5) is 10.5 Å². The summed E-state index contributed by atoms with van der Waals surface area (Å²) < 4.78 is 12.6. The van der Waals surface area contributed by atoms with E-state index in [1.807, 2.05) is 43.1 Å². The molecular formula is C21H25N5O3. The number of hydrogen-bond donors (Lipinski definition) is 1. The van der Waals surface area contributed by atoms with Crippen LogP contribution in [0.5, 0.6) is 11.5 Å². The first-order valence-corrected chi connectivity index (χ1v) is 9.60. The Balaban J connectivity index is 1.59. The van der Waals surface area contributed by atoms with Crippen molar-refractivity contribution in [2.24, 2.45) is 7.05 Å². The van der Waals surface area contributed by atoms with Gasteiger partial charge in [0, 0.05) is 24.5 Å². The zero-order chi connectivity index (χ0) is 20.5. The minimum Gasteiger partial charge on any atom is -0.497 e. The first-order chi connectivity index (χ1) is 14.0. The number of aryl methyl sites for hydroxylation is 2. The number of rotatable bonds is 4. The molecule has 2 amide bonds. The Morgan fingerprint density at radius 2 is 2.07 bits per heavy atom. The highest BCUT2D eigenvalue weighted by Gasteiger charge is 2.32. The Hall–Kier alpha value is -3.29. The van der Waals surface area contributed by atoms with Gasteiger partial charge in [0.1, 0.15) is 11.5 Å². The number of benzene rings is 1. The molecule has 4 rings (SSSR count). The molecule has 0 radical (unpaired) electrons. The number of hydrogen-bond acceptors (Lipinski definition) is 5. The van der Waals surface area contributed by atoms with Crippen LogP contribution in [-0.2, 0) is 7.05 Å². The molecule has 29 heavy (non-hydrogen) atoms. The van der Waals surface area contributed by atoms with E-state index in [4.69, 9.17) is 9.47 Å². The van der Waals surface area contributed by atoms with Crippen molar-refractivity contribution in [3.05, 3.63) is 41.7 Å². The second-order valence-corrected chi connectivity index (χ2v) is 7.19. The van der Waals surface area contributed by atoms with Gasteiger partial charge < -0.3 is 19.7 Å². The number of amides is 2. The third kappa shape index (κ3) is 3.46. The molecule has 8 heteroatoms. The van der Waals surface area contributed by atoms with Gasteiger partial charge in [-0.3, -0.25) is 4.68 Å². The number of carbonyl (C=O) groups is 1. The fourth-order valence-electron chi connectivity index (χ4n) is 4.00. The van der Waals surface area contributed by atoms with Crippen LogP contribution in [0.1, 0.15) is 30.1 Å². The van der Waals surface area contributed by atoms with Crippen LogP contribution in [-0.4, -0.2) is 46.5 Å². The van der Waals surface area contributed by atoms with Crippen molar-refractivity contribution in [1.82, 2.24) is 19.7 Å². The van der Waals surface area contributed by atoms with E-state index >= 15 is 0 Å². The van der Waals surface area contributed by atoms with Crippen LogP contribution in [0.25, 0.3) is 11.0 Å². The molecular weight excluding hydrogens is 370 g/mol. The smallest absolute Gasteiger partial charge is 0.322 e. The van der Waals surface area contributed by atoms with Crippen LogP contribution in [0.2, 0.25) is 0 Å². The van der Waals surface area contributed by atoms with Gasteiger partial charge in [0.05, 0.1) is 37.8 Å². The molecule has 1 saturated heterocycles. The Kier molecular flexibility index (Phi) is 5.00. The molecule has 1 unspecified atom stereocenters. The maximum absolute atomic E-state index is 13.1. The molecule has 1 aliphatic rings. The molecule has 1 aliphatic heterocycles. The normalized spacial score (nSPS) is 16.3. The summed E-state index contributed by atoms with van der Waals surface area (Å²) in [5.41, 5.74) is 3.28. The maximum atomic E-state index is 13.1. The third-order valence-corrected chi connectivity index (χ3v) is 5.42. The number of urea groups is 1. The lowest BCUT2D eigenvalue weighted by molar-refractivity contribution is 0.206. The molecule has 1 aromatic carbocycles. The molecule has 1 atom stereocenters. The first kappa shape index (κ1) is 19.0. The second-order valence-electron chi connectivity index (χ2n) is 7.19. The molecule has 3 aromatic rings. The van der Waals surface area contributed by atoms with E-state index in [9.17, 15) is 4.79 Å². The van der Waals surface area contributed by atoms with E-state index in [0.717, 1.165) is 46.6 Å². The van der Waals surface area contributed by atoms with Gasteiger partial charge in [-0.05, 0) is 44.0 Å². The highest BCUT2D eigenvalue weighted by molar-refractivity contribution is 5.92. The Bertz CT molecular complexity index is 1060. The summed E-state index contributed by atoms with van der Waals surface area (Å²) in [6, 6.07) is 7.38. The number of likely N-dealkylation sites (tertiary alicyclic amines) is 1. The summed E-state index contributed by atoms with van der Waals surface area (Å²) in [6.45, 7) is 2.61. The van der Waals surface area contributed by atoms with Crippen LogP contribution < -0.4 is 14.8 Å².